The Kier molecular flexibility index (Phi) is 6.25. The molecule has 1 amide bonds. The Labute approximate surface area is 233 Å². The molecule has 6 rings (SSSR count). The first-order valence-corrected chi connectivity index (χ1v) is 12.9. The molecule has 0 saturated heterocycles. The Hall–Kier alpha value is -4.38. The molecule has 1 aliphatic rings. The number of benzene rings is 1. The Morgan fingerprint density at radius 2 is 1.85 bits per heavy atom. The number of methoxy groups -OCH3 is 1. The SMILES string of the molecule is COc1ncccc1-c1nc2c(n1C(C)C)[C@H](c1ccc(Cl)cc1)N(c1cc(C)c3nnc(C(F)F)n3c1)C2=O. The first-order valence-electron chi connectivity index (χ1n) is 12.5. The summed E-state index contributed by atoms with van der Waals surface area (Å²) in [6.07, 6.45) is 0.257. The van der Waals surface area contributed by atoms with Crippen LogP contribution >= 0.6 is 11.6 Å². The fourth-order valence-corrected chi connectivity index (χ4v) is 5.43. The first-order chi connectivity index (χ1) is 19.2. The van der Waals surface area contributed by atoms with Crippen molar-refractivity contribution in [2.45, 2.75) is 39.3 Å². The maximum atomic E-state index is 14.2. The van der Waals surface area contributed by atoms with Crippen LogP contribution in [-0.4, -0.2) is 42.2 Å². The Balaban J connectivity index is 1.62. The van der Waals surface area contributed by atoms with Gasteiger partial charge in [0.15, 0.2) is 11.3 Å². The minimum absolute atomic E-state index is 0.105. The van der Waals surface area contributed by atoms with Crippen molar-refractivity contribution in [1.82, 2.24) is 29.1 Å². The number of fused-ring (bicyclic) bond motifs is 2. The van der Waals surface area contributed by atoms with E-state index in [4.69, 9.17) is 21.3 Å². The summed E-state index contributed by atoms with van der Waals surface area (Å²) in [5.41, 5.74) is 3.64. The predicted molar refractivity (Wildman–Crippen MR) is 145 cm³/mol. The fourth-order valence-electron chi connectivity index (χ4n) is 5.31. The van der Waals surface area contributed by atoms with E-state index >= 15 is 0 Å². The summed E-state index contributed by atoms with van der Waals surface area (Å²) in [6.45, 7) is 5.75. The molecular formula is C28H24ClF2N7O2. The van der Waals surface area contributed by atoms with Gasteiger partial charge in [-0.05, 0) is 62.2 Å². The number of halogens is 3. The third-order valence-corrected chi connectivity index (χ3v) is 7.22. The maximum Gasteiger partial charge on any atom is 0.297 e. The van der Waals surface area contributed by atoms with E-state index in [0.717, 1.165) is 5.56 Å². The molecule has 1 aliphatic heterocycles. The number of pyridine rings is 2. The number of aryl methyl sites for hydroxylation is 1. The fraction of sp³-hybridized carbons (Fsp3) is 0.250. The van der Waals surface area contributed by atoms with E-state index in [1.165, 1.54) is 17.7 Å². The lowest BCUT2D eigenvalue weighted by atomic mass is 10.0. The lowest BCUT2D eigenvalue weighted by Crippen LogP contribution is -2.30. The van der Waals surface area contributed by atoms with Crippen LogP contribution in [0.2, 0.25) is 5.02 Å². The zero-order valence-electron chi connectivity index (χ0n) is 22.0. The standard InChI is InChI=1S/C28H24ClF2N7O2/c1-14(2)37-22-20(33-25(37)19-6-5-11-32-27(19)40-4)28(39)38(21(22)16-7-9-17(29)10-8-16)18-12-15(3)24-34-35-26(23(30)31)36(24)13-18/h5-14,21,23H,1-4H3/t21-/m0/s1. The zero-order valence-corrected chi connectivity index (χ0v) is 22.8. The number of alkyl halides is 2. The van der Waals surface area contributed by atoms with Crippen LogP contribution in [-0.2, 0) is 0 Å². The number of hydrogen-bond donors (Lipinski definition) is 0. The van der Waals surface area contributed by atoms with Gasteiger partial charge in [0.2, 0.25) is 11.7 Å². The van der Waals surface area contributed by atoms with Gasteiger partial charge in [0.1, 0.15) is 11.9 Å². The second-order valence-electron chi connectivity index (χ2n) is 9.76. The van der Waals surface area contributed by atoms with Crippen LogP contribution < -0.4 is 9.64 Å². The van der Waals surface area contributed by atoms with Gasteiger partial charge in [0.25, 0.3) is 12.3 Å². The molecule has 9 nitrogen and oxygen atoms in total. The van der Waals surface area contributed by atoms with Gasteiger partial charge < -0.3 is 9.30 Å². The van der Waals surface area contributed by atoms with Crippen molar-refractivity contribution in [2.24, 2.45) is 0 Å². The van der Waals surface area contributed by atoms with Gasteiger partial charge in [-0.2, -0.15) is 0 Å². The topological polar surface area (TPSA) is 90.4 Å². The minimum Gasteiger partial charge on any atom is -0.480 e. The van der Waals surface area contributed by atoms with Crippen LogP contribution in [0.1, 0.15) is 65.5 Å². The van der Waals surface area contributed by atoms with Gasteiger partial charge in [-0.1, -0.05) is 23.7 Å². The molecule has 0 fully saturated rings. The number of hydrogen-bond acceptors (Lipinski definition) is 6. The molecule has 0 aliphatic carbocycles. The largest absolute Gasteiger partial charge is 0.480 e. The van der Waals surface area contributed by atoms with E-state index in [1.807, 2.05) is 36.6 Å². The van der Waals surface area contributed by atoms with Crippen LogP contribution in [0.4, 0.5) is 14.5 Å². The van der Waals surface area contributed by atoms with E-state index < -0.39 is 18.3 Å². The van der Waals surface area contributed by atoms with Gasteiger partial charge in [-0.25, -0.2) is 18.7 Å². The van der Waals surface area contributed by atoms with E-state index in [2.05, 4.69) is 15.2 Å². The molecule has 0 unspecified atom stereocenters. The number of rotatable bonds is 6. The molecule has 0 radical (unpaired) electrons. The molecule has 12 heteroatoms. The van der Waals surface area contributed by atoms with Crippen molar-refractivity contribution >= 4 is 28.8 Å². The highest BCUT2D eigenvalue weighted by Gasteiger charge is 2.45. The maximum absolute atomic E-state index is 14.2. The Bertz CT molecular complexity index is 1760. The minimum atomic E-state index is -2.84. The monoisotopic (exact) mass is 563 g/mol. The van der Waals surface area contributed by atoms with Crippen LogP contribution in [0.5, 0.6) is 5.88 Å². The Morgan fingerprint density at radius 3 is 2.52 bits per heavy atom. The van der Waals surface area contributed by atoms with Crippen LogP contribution in [0.3, 0.4) is 0 Å². The quantitative estimate of drug-likeness (QED) is 0.243. The molecule has 0 saturated carbocycles. The number of anilines is 1. The zero-order chi connectivity index (χ0) is 28.3. The van der Waals surface area contributed by atoms with Crippen LogP contribution in [0.15, 0.2) is 54.9 Å². The lowest BCUT2D eigenvalue weighted by Gasteiger charge is -2.29. The second kappa shape index (κ2) is 9.67. The second-order valence-corrected chi connectivity index (χ2v) is 10.2. The highest BCUT2D eigenvalue weighted by Crippen LogP contribution is 2.45. The van der Waals surface area contributed by atoms with Crippen molar-refractivity contribution in [2.75, 3.05) is 12.0 Å². The smallest absolute Gasteiger partial charge is 0.297 e. The van der Waals surface area contributed by atoms with Crippen molar-refractivity contribution in [1.29, 1.82) is 0 Å². The van der Waals surface area contributed by atoms with Crippen LogP contribution in [0.25, 0.3) is 17.0 Å². The van der Waals surface area contributed by atoms with E-state index in [0.29, 0.717) is 44.9 Å². The van der Waals surface area contributed by atoms with E-state index in [-0.39, 0.29) is 17.6 Å². The molecule has 0 bridgehead atoms. The highest BCUT2D eigenvalue weighted by atomic mass is 35.5. The molecule has 40 heavy (non-hydrogen) atoms. The molecule has 1 aromatic carbocycles. The normalized spacial score (nSPS) is 15.1. The van der Waals surface area contributed by atoms with Crippen molar-refractivity contribution in [3.05, 3.63) is 88.2 Å². The summed E-state index contributed by atoms with van der Waals surface area (Å²) >= 11 is 6.21. The van der Waals surface area contributed by atoms with Gasteiger partial charge in [0, 0.05) is 23.5 Å². The number of amides is 1. The number of ether oxygens (including phenoxy) is 1. The van der Waals surface area contributed by atoms with E-state index in [1.54, 1.807) is 42.3 Å². The summed E-state index contributed by atoms with van der Waals surface area (Å²) in [5, 5.41) is 8.13. The highest BCUT2D eigenvalue weighted by molar-refractivity contribution is 6.30. The number of carbonyl (C=O) groups excluding carboxylic acids is 1. The third kappa shape index (κ3) is 3.91. The molecule has 0 N–H and O–H groups in total. The average Bonchev–Trinajstić information content (AvgIpc) is 3.61. The van der Waals surface area contributed by atoms with Gasteiger partial charge in [0.05, 0.1) is 24.1 Å². The summed E-state index contributed by atoms with van der Waals surface area (Å²) in [6, 6.07) is 11.8. The third-order valence-electron chi connectivity index (χ3n) is 6.97. The van der Waals surface area contributed by atoms with Gasteiger partial charge in [-0.15, -0.1) is 10.2 Å². The molecule has 4 aromatic heterocycles. The Morgan fingerprint density at radius 1 is 1.10 bits per heavy atom. The summed E-state index contributed by atoms with van der Waals surface area (Å²) < 4.78 is 36.3. The lowest BCUT2D eigenvalue weighted by molar-refractivity contribution is 0.0989. The first kappa shape index (κ1) is 25.9. The van der Waals surface area contributed by atoms with Crippen molar-refractivity contribution in [3.8, 4) is 17.3 Å². The number of aromatic nitrogens is 6. The molecule has 0 spiro atoms. The molecular weight excluding hydrogens is 540 g/mol. The summed E-state index contributed by atoms with van der Waals surface area (Å²) in [4.78, 5) is 24.9. The number of nitrogens with zero attached hydrogens (tertiary/aromatic N) is 7. The predicted octanol–water partition coefficient (Wildman–Crippen LogP) is 6.23. The van der Waals surface area contributed by atoms with E-state index in [9.17, 15) is 13.6 Å². The van der Waals surface area contributed by atoms with Crippen molar-refractivity contribution in [3.63, 3.8) is 0 Å². The molecule has 1 atom stereocenters. The number of carbonyl (C=O) groups is 1. The van der Waals surface area contributed by atoms with Crippen molar-refractivity contribution < 1.29 is 18.3 Å². The summed E-state index contributed by atoms with van der Waals surface area (Å²) in [7, 11) is 1.53. The number of imidazole rings is 1. The average molecular weight is 564 g/mol. The van der Waals surface area contributed by atoms with Gasteiger partial charge in [-0.3, -0.25) is 14.1 Å². The molecule has 5 aromatic rings. The summed E-state index contributed by atoms with van der Waals surface area (Å²) in [5.74, 6) is 0.0581. The van der Waals surface area contributed by atoms with Gasteiger partial charge >= 0.3 is 0 Å². The molecule has 5 heterocycles. The van der Waals surface area contributed by atoms with Crippen LogP contribution in [0, 0.1) is 6.92 Å². The molecule has 204 valence electrons.